The highest BCUT2D eigenvalue weighted by Gasteiger charge is 2.31. The lowest BCUT2D eigenvalue weighted by molar-refractivity contribution is -0.122. The van der Waals surface area contributed by atoms with E-state index in [1.807, 2.05) is 0 Å². The Bertz CT molecular complexity index is 470. The standard InChI is InChI=1S/C15H19F2NO3/c16-14(17)21-12-6-4-11(5-7-12)18-13(19)10-15(20)8-2-1-3-9-15/h4-7,14,20H,1-3,8-10H2,(H,18,19). The van der Waals surface area contributed by atoms with Crippen LogP contribution in [0.4, 0.5) is 14.5 Å². The SMILES string of the molecule is O=C(CC1(O)CCCCC1)Nc1ccc(OC(F)F)cc1. The maximum Gasteiger partial charge on any atom is 0.387 e. The van der Waals surface area contributed by atoms with Gasteiger partial charge in [-0.2, -0.15) is 8.78 Å². The van der Waals surface area contributed by atoms with Crippen molar-refractivity contribution in [2.45, 2.75) is 50.7 Å². The van der Waals surface area contributed by atoms with Gasteiger partial charge >= 0.3 is 6.61 Å². The smallest absolute Gasteiger partial charge is 0.387 e. The number of aliphatic hydroxyl groups is 1. The lowest BCUT2D eigenvalue weighted by atomic mass is 9.82. The minimum atomic E-state index is -2.87. The Morgan fingerprint density at radius 1 is 1.24 bits per heavy atom. The van der Waals surface area contributed by atoms with Crippen LogP contribution in [0.2, 0.25) is 0 Å². The number of anilines is 1. The van der Waals surface area contributed by atoms with Crippen LogP contribution in [0, 0.1) is 0 Å². The van der Waals surface area contributed by atoms with Crippen molar-refractivity contribution in [1.29, 1.82) is 0 Å². The van der Waals surface area contributed by atoms with Crippen LogP contribution in [-0.2, 0) is 4.79 Å². The van der Waals surface area contributed by atoms with E-state index in [1.54, 1.807) is 0 Å². The molecule has 0 atom stereocenters. The van der Waals surface area contributed by atoms with E-state index in [0.717, 1.165) is 19.3 Å². The third-order valence-electron chi connectivity index (χ3n) is 3.64. The summed E-state index contributed by atoms with van der Waals surface area (Å²) < 4.78 is 28.3. The first-order valence-electron chi connectivity index (χ1n) is 7.04. The van der Waals surface area contributed by atoms with Gasteiger partial charge in [-0.1, -0.05) is 19.3 Å². The fraction of sp³-hybridized carbons (Fsp3) is 0.533. The van der Waals surface area contributed by atoms with E-state index >= 15 is 0 Å². The Kier molecular flexibility index (Phi) is 5.12. The summed E-state index contributed by atoms with van der Waals surface area (Å²) in [4.78, 5) is 11.9. The lowest BCUT2D eigenvalue weighted by Crippen LogP contribution is -2.35. The molecule has 6 heteroatoms. The molecule has 4 nitrogen and oxygen atoms in total. The van der Waals surface area contributed by atoms with Crippen molar-refractivity contribution in [3.8, 4) is 5.75 Å². The minimum absolute atomic E-state index is 0.0360. The van der Waals surface area contributed by atoms with Gasteiger partial charge in [-0.15, -0.1) is 0 Å². The second-order valence-electron chi connectivity index (χ2n) is 5.41. The predicted molar refractivity (Wildman–Crippen MR) is 74.4 cm³/mol. The van der Waals surface area contributed by atoms with Crippen LogP contribution in [0.3, 0.4) is 0 Å². The molecule has 1 amide bonds. The molecule has 1 fully saturated rings. The topological polar surface area (TPSA) is 58.6 Å². The first kappa shape index (κ1) is 15.7. The number of amides is 1. The summed E-state index contributed by atoms with van der Waals surface area (Å²) in [6.07, 6.45) is 4.30. The van der Waals surface area contributed by atoms with Crippen LogP contribution >= 0.6 is 0 Å². The number of hydrogen-bond acceptors (Lipinski definition) is 3. The Balaban J connectivity index is 1.87. The maximum atomic E-state index is 12.0. The van der Waals surface area contributed by atoms with Crippen molar-refractivity contribution in [2.24, 2.45) is 0 Å². The highest BCUT2D eigenvalue weighted by atomic mass is 19.3. The number of nitrogens with one attached hydrogen (secondary N) is 1. The van der Waals surface area contributed by atoms with E-state index in [0.29, 0.717) is 18.5 Å². The molecule has 2 rings (SSSR count). The number of alkyl halides is 2. The van der Waals surface area contributed by atoms with Crippen molar-refractivity contribution in [2.75, 3.05) is 5.32 Å². The first-order chi connectivity index (χ1) is 9.97. The molecule has 116 valence electrons. The first-order valence-corrected chi connectivity index (χ1v) is 7.04. The third-order valence-corrected chi connectivity index (χ3v) is 3.64. The number of benzene rings is 1. The summed E-state index contributed by atoms with van der Waals surface area (Å²) in [6.45, 7) is -2.87. The number of ether oxygens (including phenoxy) is 1. The number of hydrogen-bond donors (Lipinski definition) is 2. The van der Waals surface area contributed by atoms with Crippen molar-refractivity contribution >= 4 is 11.6 Å². The molecule has 1 aliphatic rings. The molecule has 2 N–H and O–H groups in total. The van der Waals surface area contributed by atoms with Crippen LogP contribution in [0.5, 0.6) is 5.75 Å². The highest BCUT2D eigenvalue weighted by molar-refractivity contribution is 5.91. The molecule has 0 saturated heterocycles. The molecule has 21 heavy (non-hydrogen) atoms. The van der Waals surface area contributed by atoms with E-state index < -0.39 is 12.2 Å². The molecule has 0 bridgehead atoms. The van der Waals surface area contributed by atoms with Gasteiger partial charge in [-0.05, 0) is 37.1 Å². The van der Waals surface area contributed by atoms with Crippen molar-refractivity contribution in [3.05, 3.63) is 24.3 Å². The fourth-order valence-corrected chi connectivity index (χ4v) is 2.61. The Morgan fingerprint density at radius 3 is 2.43 bits per heavy atom. The Morgan fingerprint density at radius 2 is 1.86 bits per heavy atom. The second kappa shape index (κ2) is 6.85. The van der Waals surface area contributed by atoms with Gasteiger partial charge in [0.2, 0.25) is 5.91 Å². The van der Waals surface area contributed by atoms with Crippen molar-refractivity contribution in [3.63, 3.8) is 0 Å². The van der Waals surface area contributed by atoms with Crippen LogP contribution in [0.25, 0.3) is 0 Å². The zero-order chi connectivity index (χ0) is 15.3. The Labute approximate surface area is 122 Å². The van der Waals surface area contributed by atoms with E-state index in [-0.39, 0.29) is 18.1 Å². The van der Waals surface area contributed by atoms with E-state index in [2.05, 4.69) is 10.1 Å². The van der Waals surface area contributed by atoms with Gasteiger partial charge in [-0.25, -0.2) is 0 Å². The zero-order valence-corrected chi connectivity index (χ0v) is 11.6. The van der Waals surface area contributed by atoms with Gasteiger partial charge in [0, 0.05) is 5.69 Å². The average Bonchev–Trinajstić information content (AvgIpc) is 2.40. The van der Waals surface area contributed by atoms with Crippen LogP contribution in [0.15, 0.2) is 24.3 Å². The van der Waals surface area contributed by atoms with Gasteiger partial charge in [0.15, 0.2) is 0 Å². The minimum Gasteiger partial charge on any atom is -0.435 e. The molecule has 1 aromatic carbocycles. The van der Waals surface area contributed by atoms with Crippen molar-refractivity contribution < 1.29 is 23.4 Å². The Hall–Kier alpha value is -1.69. The summed E-state index contributed by atoms with van der Waals surface area (Å²) in [5, 5.41) is 13.0. The highest BCUT2D eigenvalue weighted by Crippen LogP contribution is 2.31. The van der Waals surface area contributed by atoms with Gasteiger partial charge in [0.1, 0.15) is 5.75 Å². The molecule has 0 aliphatic heterocycles. The zero-order valence-electron chi connectivity index (χ0n) is 11.6. The summed E-state index contributed by atoms with van der Waals surface area (Å²) in [5.41, 5.74) is -0.429. The molecule has 0 unspecified atom stereocenters. The van der Waals surface area contributed by atoms with Gasteiger partial charge in [0.05, 0.1) is 12.0 Å². The average molecular weight is 299 g/mol. The lowest BCUT2D eigenvalue weighted by Gasteiger charge is -2.31. The van der Waals surface area contributed by atoms with Crippen molar-refractivity contribution in [1.82, 2.24) is 0 Å². The summed E-state index contributed by atoms with van der Waals surface area (Å²) in [6, 6.07) is 5.69. The molecule has 0 radical (unpaired) electrons. The molecular weight excluding hydrogens is 280 g/mol. The predicted octanol–water partition coefficient (Wildman–Crippen LogP) is 3.31. The third kappa shape index (κ3) is 4.97. The molecule has 0 heterocycles. The van der Waals surface area contributed by atoms with Crippen LogP contribution in [-0.4, -0.2) is 23.2 Å². The molecule has 1 saturated carbocycles. The monoisotopic (exact) mass is 299 g/mol. The quantitative estimate of drug-likeness (QED) is 0.877. The molecular formula is C15H19F2NO3. The largest absolute Gasteiger partial charge is 0.435 e. The summed E-state index contributed by atoms with van der Waals surface area (Å²) in [5.74, 6) is -0.240. The summed E-state index contributed by atoms with van der Waals surface area (Å²) >= 11 is 0. The molecule has 0 aromatic heterocycles. The molecule has 1 aliphatic carbocycles. The van der Waals surface area contributed by atoms with Gasteiger partial charge < -0.3 is 15.2 Å². The molecule has 1 aromatic rings. The number of carbonyl (C=O) groups excluding carboxylic acids is 1. The normalized spacial score (nSPS) is 17.5. The number of rotatable bonds is 5. The van der Waals surface area contributed by atoms with Gasteiger partial charge in [-0.3, -0.25) is 4.79 Å². The number of halogens is 2. The van der Waals surface area contributed by atoms with E-state index in [4.69, 9.17) is 0 Å². The van der Waals surface area contributed by atoms with E-state index in [1.165, 1.54) is 24.3 Å². The number of carbonyl (C=O) groups is 1. The summed E-state index contributed by atoms with van der Waals surface area (Å²) in [7, 11) is 0. The van der Waals surface area contributed by atoms with E-state index in [9.17, 15) is 18.7 Å². The second-order valence-corrected chi connectivity index (χ2v) is 5.41. The van der Waals surface area contributed by atoms with Crippen LogP contribution < -0.4 is 10.1 Å². The fourth-order valence-electron chi connectivity index (χ4n) is 2.61. The van der Waals surface area contributed by atoms with Crippen LogP contribution in [0.1, 0.15) is 38.5 Å². The van der Waals surface area contributed by atoms with Gasteiger partial charge in [0.25, 0.3) is 0 Å². The molecule has 0 spiro atoms. The maximum absolute atomic E-state index is 12.0.